The number of piperidine rings is 1. The zero-order valence-electron chi connectivity index (χ0n) is 29.6. The molecular formula is C36H48N8O5Si. The van der Waals surface area contributed by atoms with E-state index in [0.717, 1.165) is 74.8 Å². The van der Waals surface area contributed by atoms with Crippen LogP contribution >= 0.6 is 0 Å². The zero-order chi connectivity index (χ0) is 34.6. The molecule has 3 aromatic heterocycles. The summed E-state index contributed by atoms with van der Waals surface area (Å²) in [5.74, 6) is 1.23. The van der Waals surface area contributed by atoms with Crippen LogP contribution in [-0.4, -0.2) is 102 Å². The summed E-state index contributed by atoms with van der Waals surface area (Å²) in [6.45, 7) is 13.5. The van der Waals surface area contributed by atoms with Crippen molar-refractivity contribution < 1.29 is 19.0 Å². The Morgan fingerprint density at radius 2 is 1.92 bits per heavy atom. The van der Waals surface area contributed by atoms with Crippen LogP contribution in [0.25, 0.3) is 22.2 Å². The Hall–Kier alpha value is -3.98. The Morgan fingerprint density at radius 1 is 1.08 bits per heavy atom. The number of anilines is 2. The Labute approximate surface area is 293 Å². The van der Waals surface area contributed by atoms with Crippen molar-refractivity contribution in [3.63, 3.8) is 0 Å². The summed E-state index contributed by atoms with van der Waals surface area (Å²) in [6, 6.07) is 9.05. The number of hydrogen-bond donors (Lipinski definition) is 1. The number of benzene rings is 1. The summed E-state index contributed by atoms with van der Waals surface area (Å²) in [7, 11) is 0.477. The molecular weight excluding hydrogens is 653 g/mol. The molecule has 4 aliphatic rings. The van der Waals surface area contributed by atoms with Gasteiger partial charge in [-0.3, -0.25) is 24.4 Å². The Balaban J connectivity index is 1.24. The molecule has 6 heterocycles. The van der Waals surface area contributed by atoms with Gasteiger partial charge >= 0.3 is 0 Å². The summed E-state index contributed by atoms with van der Waals surface area (Å²) >= 11 is 0. The fourth-order valence-corrected chi connectivity index (χ4v) is 9.02. The number of rotatable bonds is 6. The van der Waals surface area contributed by atoms with Crippen molar-refractivity contribution in [1.82, 2.24) is 28.8 Å². The van der Waals surface area contributed by atoms with Crippen LogP contribution in [-0.2, 0) is 28.8 Å². The highest BCUT2D eigenvalue weighted by Gasteiger charge is 2.48. The summed E-state index contributed by atoms with van der Waals surface area (Å²) in [5, 5.41) is 7.69. The number of aromatic nitrogens is 5. The van der Waals surface area contributed by atoms with Gasteiger partial charge in [-0.15, -0.1) is 0 Å². The van der Waals surface area contributed by atoms with Gasteiger partial charge in [-0.1, -0.05) is 19.6 Å². The van der Waals surface area contributed by atoms with Gasteiger partial charge in [0, 0.05) is 66.3 Å². The van der Waals surface area contributed by atoms with Crippen LogP contribution in [0.4, 0.5) is 11.6 Å². The normalized spacial score (nSPS) is 23.8. The number of carbonyl (C=O) groups excluding carboxylic acids is 1. The first-order valence-electron chi connectivity index (χ1n) is 17.9. The van der Waals surface area contributed by atoms with E-state index in [1.54, 1.807) is 23.1 Å². The summed E-state index contributed by atoms with van der Waals surface area (Å²) in [4.78, 5) is 38.3. The molecule has 8 rings (SSSR count). The highest BCUT2D eigenvalue weighted by atomic mass is 28.3. The molecule has 3 fully saturated rings. The second-order valence-electron chi connectivity index (χ2n) is 15.7. The Kier molecular flexibility index (Phi) is 8.60. The number of hydrogen-bond acceptors (Lipinski definition) is 9. The molecule has 0 radical (unpaired) electrons. The Bertz CT molecular complexity index is 1970. The topological polar surface area (TPSA) is 121 Å². The minimum Gasteiger partial charge on any atom is -0.476 e. The minimum atomic E-state index is -1.34. The van der Waals surface area contributed by atoms with Crippen molar-refractivity contribution in [2.24, 2.45) is 13.0 Å². The van der Waals surface area contributed by atoms with Crippen LogP contribution < -0.4 is 20.5 Å². The molecule has 50 heavy (non-hydrogen) atoms. The number of ether oxygens (including phenoxy) is 3. The first-order chi connectivity index (χ1) is 24.1. The summed E-state index contributed by atoms with van der Waals surface area (Å²) in [5.41, 5.74) is 3.71. The van der Waals surface area contributed by atoms with Gasteiger partial charge in [0.25, 0.3) is 11.5 Å². The van der Waals surface area contributed by atoms with Crippen molar-refractivity contribution >= 4 is 36.7 Å². The number of aryl methyl sites for hydroxylation is 1. The number of carbonyl (C=O) groups is 1. The second-order valence-corrected chi connectivity index (χ2v) is 21.3. The number of nitrogens with zero attached hydrogens (tertiary/aromatic N) is 7. The van der Waals surface area contributed by atoms with Gasteiger partial charge in [0.15, 0.2) is 0 Å². The predicted molar refractivity (Wildman–Crippen MR) is 195 cm³/mol. The second kappa shape index (κ2) is 13.0. The molecule has 1 amide bonds. The number of fused-ring (bicyclic) bond motifs is 9. The lowest BCUT2D eigenvalue weighted by Crippen LogP contribution is -2.50. The maximum atomic E-state index is 14.4. The number of amides is 1. The monoisotopic (exact) mass is 700 g/mol. The van der Waals surface area contributed by atoms with Gasteiger partial charge < -0.3 is 23.7 Å². The van der Waals surface area contributed by atoms with Gasteiger partial charge in [-0.2, -0.15) is 5.10 Å². The van der Waals surface area contributed by atoms with Crippen molar-refractivity contribution in [2.75, 3.05) is 69.4 Å². The van der Waals surface area contributed by atoms with E-state index in [2.05, 4.69) is 62.6 Å². The maximum Gasteiger partial charge on any atom is 0.260 e. The fraction of sp³-hybridized carbons (Fsp3) is 0.556. The van der Waals surface area contributed by atoms with Crippen LogP contribution in [0.3, 0.4) is 0 Å². The molecule has 2 saturated heterocycles. The van der Waals surface area contributed by atoms with Crippen LogP contribution in [0.1, 0.15) is 29.6 Å². The molecule has 5 bridgehead atoms. The molecule has 3 unspecified atom stereocenters. The van der Waals surface area contributed by atoms with Gasteiger partial charge in [0.2, 0.25) is 11.8 Å². The SMILES string of the molecule is Cn1ncc2c1OCCN1CC3CCC(C3)(C1)n1c(nc3ccc(N4CCOCC4)cc31)NC(=O)c1cc-2c(=O)n(COCC[Si](C)(C)C)c1. The number of pyridine rings is 1. The third-order valence-corrected chi connectivity index (χ3v) is 12.5. The van der Waals surface area contributed by atoms with Crippen LogP contribution in [0.5, 0.6) is 5.88 Å². The molecule has 1 aliphatic carbocycles. The molecule has 266 valence electrons. The van der Waals surface area contributed by atoms with E-state index in [4.69, 9.17) is 19.2 Å². The molecule has 1 N–H and O–H groups in total. The lowest BCUT2D eigenvalue weighted by atomic mass is 9.90. The first-order valence-corrected chi connectivity index (χ1v) is 21.6. The first kappa shape index (κ1) is 33.2. The van der Waals surface area contributed by atoms with Gasteiger partial charge in [0.1, 0.15) is 13.3 Å². The van der Waals surface area contributed by atoms with E-state index in [0.29, 0.717) is 60.9 Å². The smallest absolute Gasteiger partial charge is 0.260 e. The lowest BCUT2D eigenvalue weighted by molar-refractivity contribution is 0.0844. The van der Waals surface area contributed by atoms with E-state index < -0.39 is 8.07 Å². The van der Waals surface area contributed by atoms with Gasteiger partial charge in [-0.25, -0.2) is 9.67 Å². The van der Waals surface area contributed by atoms with E-state index in [1.807, 2.05) is 7.05 Å². The average molecular weight is 701 g/mol. The maximum absolute atomic E-state index is 14.4. The predicted octanol–water partition coefficient (Wildman–Crippen LogP) is 4.20. The van der Waals surface area contributed by atoms with E-state index in [9.17, 15) is 9.59 Å². The number of morpholine rings is 1. The molecule has 1 saturated carbocycles. The van der Waals surface area contributed by atoms with Crippen molar-refractivity contribution in [3.8, 4) is 17.0 Å². The van der Waals surface area contributed by atoms with Crippen molar-refractivity contribution in [2.45, 2.75) is 57.2 Å². The standard InChI is InChI=1S/C36H48N8O5Si/c1-40-34-29(20-37-40)28-17-26(22-43(33(28)46)24-48-15-16-50(2,3)4)32(45)39-35-38-30-6-5-27(42-10-12-47-13-11-42)18-31(30)44(35)36-8-7-25(19-36)21-41(23-36)9-14-49-34/h5-6,17-18,20,22,25H,7-16,19,21,23-24H2,1-4H3,(H,38,39,45). The number of nitrogens with one attached hydrogen (secondary N) is 1. The quantitative estimate of drug-likeness (QED) is 0.233. The molecule has 3 aliphatic heterocycles. The van der Waals surface area contributed by atoms with E-state index in [1.165, 1.54) is 4.57 Å². The van der Waals surface area contributed by atoms with Gasteiger partial charge in [0.05, 0.1) is 52.7 Å². The highest BCUT2D eigenvalue weighted by Crippen LogP contribution is 2.48. The van der Waals surface area contributed by atoms with Crippen molar-refractivity contribution in [1.29, 1.82) is 0 Å². The molecule has 13 nitrogen and oxygen atoms in total. The Morgan fingerprint density at radius 3 is 2.74 bits per heavy atom. The molecule has 1 spiro atoms. The lowest BCUT2D eigenvalue weighted by Gasteiger charge is -2.42. The van der Waals surface area contributed by atoms with E-state index >= 15 is 0 Å². The summed E-state index contributed by atoms with van der Waals surface area (Å²) < 4.78 is 23.6. The molecule has 14 heteroatoms. The molecule has 1 aromatic carbocycles. The minimum absolute atomic E-state index is 0.0379. The average Bonchev–Trinajstić information content (AvgIpc) is 3.74. The van der Waals surface area contributed by atoms with Crippen molar-refractivity contribution in [3.05, 3.63) is 52.6 Å². The molecule has 3 atom stereocenters. The highest BCUT2D eigenvalue weighted by molar-refractivity contribution is 6.76. The van der Waals surface area contributed by atoms with Crippen LogP contribution in [0, 0.1) is 5.92 Å². The molecule has 4 aromatic rings. The number of imidazole rings is 1. The van der Waals surface area contributed by atoms with Crippen LogP contribution in [0.15, 0.2) is 41.5 Å². The largest absolute Gasteiger partial charge is 0.476 e. The third kappa shape index (κ3) is 6.27. The van der Waals surface area contributed by atoms with Gasteiger partial charge in [-0.05, 0) is 55.5 Å². The van der Waals surface area contributed by atoms with Crippen LogP contribution in [0.2, 0.25) is 25.7 Å². The summed E-state index contributed by atoms with van der Waals surface area (Å²) in [6.07, 6.45) is 6.38. The fourth-order valence-electron chi connectivity index (χ4n) is 8.27. The zero-order valence-corrected chi connectivity index (χ0v) is 30.6. The third-order valence-electron chi connectivity index (χ3n) is 10.8. The van der Waals surface area contributed by atoms with E-state index in [-0.39, 0.29) is 23.7 Å².